The maximum atomic E-state index is 5.10. The number of hydrogen-bond donors (Lipinski definition) is 2. The van der Waals surface area contributed by atoms with Crippen LogP contribution in [-0.4, -0.2) is 24.1 Å². The number of hydrogen-bond acceptors (Lipinski definition) is 4. The number of nitrogens with zero attached hydrogens (tertiary/aromatic N) is 1. The molecule has 0 aliphatic carbocycles. The lowest BCUT2D eigenvalue weighted by atomic mass is 10.4. The zero-order chi connectivity index (χ0) is 9.14. The number of thiazole rings is 1. The van der Waals surface area contributed by atoms with E-state index in [0.29, 0.717) is 0 Å². The highest BCUT2D eigenvalue weighted by Gasteiger charge is 2.09. The molecule has 0 saturated heterocycles. The van der Waals surface area contributed by atoms with Gasteiger partial charge in [0.25, 0.3) is 0 Å². The van der Waals surface area contributed by atoms with Gasteiger partial charge in [0.1, 0.15) is 4.99 Å². The molecule has 1 aromatic rings. The van der Waals surface area contributed by atoms with E-state index in [4.69, 9.17) is 12.2 Å². The molecule has 0 spiro atoms. The van der Waals surface area contributed by atoms with Crippen LogP contribution in [0.2, 0.25) is 0 Å². The number of aromatic nitrogens is 1. The fourth-order valence-electron chi connectivity index (χ4n) is 0.828. The van der Waals surface area contributed by atoms with Crippen LogP contribution in [0, 0.1) is 6.92 Å². The average molecular weight is 201 g/mol. The van der Waals surface area contributed by atoms with Crippen LogP contribution in [0.4, 0.5) is 5.13 Å². The Hall–Kier alpha value is -0.680. The van der Waals surface area contributed by atoms with E-state index in [1.165, 1.54) is 0 Å². The Balaban J connectivity index is 2.99. The zero-order valence-electron chi connectivity index (χ0n) is 7.26. The molecule has 1 aromatic heterocycles. The lowest BCUT2D eigenvalue weighted by Crippen LogP contribution is -2.15. The van der Waals surface area contributed by atoms with Crippen LogP contribution in [0.3, 0.4) is 0 Å². The summed E-state index contributed by atoms with van der Waals surface area (Å²) in [6.07, 6.45) is 0. The molecule has 1 rings (SSSR count). The van der Waals surface area contributed by atoms with Crippen molar-refractivity contribution < 1.29 is 0 Å². The number of thiocarbonyl (C=S) groups is 1. The van der Waals surface area contributed by atoms with Crippen LogP contribution in [0.5, 0.6) is 0 Å². The summed E-state index contributed by atoms with van der Waals surface area (Å²) in [5.74, 6) is 0. The minimum absolute atomic E-state index is 0.756. The Morgan fingerprint density at radius 3 is 2.58 bits per heavy atom. The standard InChI is InChI=1S/C7H11N3S2/c1-4-5(6(11)8-2)12-7(9-3)10-4/h1-3H3,(H,8,11)(H,9,10). The van der Waals surface area contributed by atoms with Crippen molar-refractivity contribution in [3.63, 3.8) is 0 Å². The summed E-state index contributed by atoms with van der Waals surface area (Å²) in [6.45, 7) is 1.95. The molecule has 0 aromatic carbocycles. The molecular weight excluding hydrogens is 190 g/mol. The molecule has 1 heterocycles. The molecule has 0 radical (unpaired) electrons. The Morgan fingerprint density at radius 1 is 1.50 bits per heavy atom. The van der Waals surface area contributed by atoms with Crippen LogP contribution in [0.15, 0.2) is 0 Å². The van der Waals surface area contributed by atoms with Crippen LogP contribution < -0.4 is 10.6 Å². The molecule has 0 aliphatic rings. The highest BCUT2D eigenvalue weighted by atomic mass is 32.1. The quantitative estimate of drug-likeness (QED) is 0.709. The second-order valence-corrected chi connectivity index (χ2v) is 3.67. The van der Waals surface area contributed by atoms with Crippen LogP contribution in [-0.2, 0) is 0 Å². The molecule has 5 heteroatoms. The van der Waals surface area contributed by atoms with Gasteiger partial charge in [0.2, 0.25) is 0 Å². The van der Waals surface area contributed by atoms with Crippen molar-refractivity contribution in [3.8, 4) is 0 Å². The summed E-state index contributed by atoms with van der Waals surface area (Å²) >= 11 is 6.67. The van der Waals surface area contributed by atoms with E-state index in [1.807, 2.05) is 21.0 Å². The van der Waals surface area contributed by atoms with E-state index in [-0.39, 0.29) is 0 Å². The predicted octanol–water partition coefficient (Wildman–Crippen LogP) is 1.39. The topological polar surface area (TPSA) is 37.0 Å². The van der Waals surface area contributed by atoms with Crippen LogP contribution in [0.1, 0.15) is 10.6 Å². The van der Waals surface area contributed by atoms with Gasteiger partial charge >= 0.3 is 0 Å². The Morgan fingerprint density at radius 2 is 2.17 bits per heavy atom. The molecule has 0 saturated carbocycles. The highest BCUT2D eigenvalue weighted by Crippen LogP contribution is 2.21. The first-order valence-corrected chi connectivity index (χ1v) is 4.78. The molecule has 0 amide bonds. The van der Waals surface area contributed by atoms with Crippen LogP contribution in [0.25, 0.3) is 0 Å². The zero-order valence-corrected chi connectivity index (χ0v) is 8.90. The summed E-state index contributed by atoms with van der Waals surface area (Å²) < 4.78 is 0. The van der Waals surface area contributed by atoms with Gasteiger partial charge in [0.05, 0.1) is 10.6 Å². The third-order valence-corrected chi connectivity index (χ3v) is 3.17. The largest absolute Gasteiger partial charge is 0.378 e. The van der Waals surface area contributed by atoms with Crippen molar-refractivity contribution in [1.29, 1.82) is 0 Å². The van der Waals surface area contributed by atoms with Gasteiger partial charge in [-0.25, -0.2) is 4.98 Å². The van der Waals surface area contributed by atoms with Crippen molar-refractivity contribution in [3.05, 3.63) is 10.6 Å². The number of rotatable bonds is 2. The first-order chi connectivity index (χ1) is 5.69. The molecule has 3 nitrogen and oxygen atoms in total. The van der Waals surface area contributed by atoms with Crippen molar-refractivity contribution in [2.45, 2.75) is 6.92 Å². The Kier molecular flexibility index (Phi) is 2.99. The Labute approximate surface area is 81.2 Å². The normalized spacial score (nSPS) is 9.58. The van der Waals surface area contributed by atoms with Crippen molar-refractivity contribution in [2.24, 2.45) is 0 Å². The van der Waals surface area contributed by atoms with E-state index in [0.717, 1.165) is 20.7 Å². The van der Waals surface area contributed by atoms with Gasteiger partial charge in [0, 0.05) is 14.1 Å². The third-order valence-electron chi connectivity index (χ3n) is 1.44. The minimum atomic E-state index is 0.756. The molecule has 2 N–H and O–H groups in total. The van der Waals surface area contributed by atoms with Crippen molar-refractivity contribution >= 4 is 33.7 Å². The van der Waals surface area contributed by atoms with Gasteiger partial charge in [-0.05, 0) is 6.92 Å². The smallest absolute Gasteiger partial charge is 0.183 e. The summed E-state index contributed by atoms with van der Waals surface area (Å²) in [4.78, 5) is 6.07. The number of anilines is 1. The molecule has 0 bridgehead atoms. The van der Waals surface area contributed by atoms with Crippen molar-refractivity contribution in [2.75, 3.05) is 19.4 Å². The average Bonchev–Trinajstić information content (AvgIpc) is 2.45. The van der Waals surface area contributed by atoms with Gasteiger partial charge in [-0.2, -0.15) is 0 Å². The fraction of sp³-hybridized carbons (Fsp3) is 0.429. The summed E-state index contributed by atoms with van der Waals surface area (Å²) in [5, 5.41) is 6.82. The first kappa shape index (κ1) is 9.41. The van der Waals surface area contributed by atoms with E-state index in [1.54, 1.807) is 11.3 Å². The van der Waals surface area contributed by atoms with E-state index < -0.39 is 0 Å². The van der Waals surface area contributed by atoms with Crippen molar-refractivity contribution in [1.82, 2.24) is 10.3 Å². The molecule has 0 unspecified atom stereocenters. The Bertz CT molecular complexity index is 293. The molecule has 0 fully saturated rings. The SMILES string of the molecule is CNC(=S)c1sc(NC)nc1C. The van der Waals surface area contributed by atoms with E-state index >= 15 is 0 Å². The maximum absolute atomic E-state index is 5.10. The molecule has 66 valence electrons. The number of aryl methyl sites for hydroxylation is 1. The molecule has 0 atom stereocenters. The van der Waals surface area contributed by atoms with E-state index in [2.05, 4.69) is 15.6 Å². The van der Waals surface area contributed by atoms with Gasteiger partial charge < -0.3 is 10.6 Å². The molecule has 0 aliphatic heterocycles. The summed E-state index contributed by atoms with van der Waals surface area (Å²) in [6, 6.07) is 0. The molecular formula is C7H11N3S2. The first-order valence-electron chi connectivity index (χ1n) is 3.56. The van der Waals surface area contributed by atoms with Gasteiger partial charge in [0.15, 0.2) is 5.13 Å². The predicted molar refractivity (Wildman–Crippen MR) is 57.2 cm³/mol. The molecule has 12 heavy (non-hydrogen) atoms. The third kappa shape index (κ3) is 1.73. The van der Waals surface area contributed by atoms with Gasteiger partial charge in [-0.1, -0.05) is 23.6 Å². The van der Waals surface area contributed by atoms with Gasteiger partial charge in [-0.3, -0.25) is 0 Å². The van der Waals surface area contributed by atoms with Gasteiger partial charge in [-0.15, -0.1) is 0 Å². The summed E-state index contributed by atoms with van der Waals surface area (Å²) in [5.41, 5.74) is 0.976. The second-order valence-electron chi connectivity index (χ2n) is 2.26. The van der Waals surface area contributed by atoms with E-state index in [9.17, 15) is 0 Å². The monoisotopic (exact) mass is 201 g/mol. The minimum Gasteiger partial charge on any atom is -0.378 e. The second kappa shape index (κ2) is 3.82. The fourth-order valence-corrected chi connectivity index (χ4v) is 1.97. The lowest BCUT2D eigenvalue weighted by Gasteiger charge is -1.97. The summed E-state index contributed by atoms with van der Waals surface area (Å²) in [7, 11) is 3.67. The maximum Gasteiger partial charge on any atom is 0.183 e. The lowest BCUT2D eigenvalue weighted by molar-refractivity contribution is 1.19. The van der Waals surface area contributed by atoms with Crippen LogP contribution >= 0.6 is 23.6 Å². The highest BCUT2D eigenvalue weighted by molar-refractivity contribution is 7.81. The number of nitrogens with one attached hydrogen (secondary N) is 2.